The van der Waals surface area contributed by atoms with Gasteiger partial charge in [0.1, 0.15) is 11.2 Å². The Kier molecular flexibility index (Phi) is 3.33. The first-order valence-electron chi connectivity index (χ1n) is 11.3. The molecule has 0 N–H and O–H groups in total. The van der Waals surface area contributed by atoms with Gasteiger partial charge in [0.25, 0.3) is 0 Å². The van der Waals surface area contributed by atoms with E-state index in [1.807, 2.05) is 17.8 Å². The maximum absolute atomic E-state index is 6.28. The van der Waals surface area contributed by atoms with Gasteiger partial charge in [0.2, 0.25) is 0 Å². The molecular weight excluding hydrogens is 420 g/mol. The van der Waals surface area contributed by atoms with Crippen molar-refractivity contribution < 1.29 is 4.42 Å². The number of hydrogen-bond acceptors (Lipinski definition) is 2. The van der Waals surface area contributed by atoms with Gasteiger partial charge >= 0.3 is 0 Å². The van der Waals surface area contributed by atoms with E-state index in [1.54, 1.807) is 0 Å². The van der Waals surface area contributed by atoms with Gasteiger partial charge in [-0.3, -0.25) is 0 Å². The van der Waals surface area contributed by atoms with Crippen LogP contribution in [-0.4, -0.2) is 0 Å². The van der Waals surface area contributed by atoms with Crippen molar-refractivity contribution in [3.8, 4) is 11.1 Å². The molecule has 1 nitrogen and oxygen atoms in total. The Morgan fingerprint density at radius 3 is 1.94 bits per heavy atom. The maximum Gasteiger partial charge on any atom is 0.136 e. The van der Waals surface area contributed by atoms with E-state index in [2.05, 4.69) is 103 Å². The molecule has 0 fully saturated rings. The van der Waals surface area contributed by atoms with Crippen LogP contribution in [0.15, 0.2) is 123 Å². The molecule has 1 aliphatic carbocycles. The second-order valence-electron chi connectivity index (χ2n) is 8.85. The van der Waals surface area contributed by atoms with Gasteiger partial charge in [0.05, 0.1) is 5.41 Å². The van der Waals surface area contributed by atoms with Crippen LogP contribution in [0.3, 0.4) is 0 Å². The lowest BCUT2D eigenvalue weighted by Gasteiger charge is -2.39. The van der Waals surface area contributed by atoms with Crippen LogP contribution in [0.5, 0.6) is 0 Å². The van der Waals surface area contributed by atoms with Crippen LogP contribution in [0.25, 0.3) is 33.1 Å². The summed E-state index contributed by atoms with van der Waals surface area (Å²) in [6, 6.07) is 39.7. The Hall–Kier alpha value is -3.75. The lowest BCUT2D eigenvalue weighted by molar-refractivity contribution is 0.666. The summed E-state index contributed by atoms with van der Waals surface area (Å²) in [6.07, 6.45) is 0. The minimum absolute atomic E-state index is 0.336. The van der Waals surface area contributed by atoms with Gasteiger partial charge in [-0.05, 0) is 51.6 Å². The lowest BCUT2D eigenvalue weighted by atomic mass is 9.67. The molecule has 2 heteroatoms. The molecule has 0 saturated carbocycles. The van der Waals surface area contributed by atoms with Crippen molar-refractivity contribution in [3.63, 3.8) is 0 Å². The second kappa shape index (κ2) is 6.18. The highest BCUT2D eigenvalue weighted by Crippen LogP contribution is 2.63. The van der Waals surface area contributed by atoms with E-state index in [-0.39, 0.29) is 5.41 Å². The highest BCUT2D eigenvalue weighted by molar-refractivity contribution is 7.99. The Bertz CT molecular complexity index is 1710. The summed E-state index contributed by atoms with van der Waals surface area (Å²) in [5.41, 5.74) is 9.68. The van der Waals surface area contributed by atoms with Crippen molar-refractivity contribution in [2.45, 2.75) is 15.2 Å². The Labute approximate surface area is 195 Å². The molecule has 8 rings (SSSR count). The quantitative estimate of drug-likeness (QED) is 0.236. The van der Waals surface area contributed by atoms with E-state index in [1.165, 1.54) is 53.9 Å². The molecule has 6 aromatic rings. The molecule has 0 unspecified atom stereocenters. The SMILES string of the molecule is c1ccc2c(c1)Sc1c(ccc3oc4ccccc4c13)C21c2ccccc2-c2ccccc21. The van der Waals surface area contributed by atoms with Gasteiger partial charge in [0.15, 0.2) is 0 Å². The first-order valence-corrected chi connectivity index (χ1v) is 12.1. The lowest BCUT2D eigenvalue weighted by Crippen LogP contribution is -2.31. The molecule has 1 spiro atoms. The first-order chi connectivity index (χ1) is 16.4. The molecule has 5 aromatic carbocycles. The molecule has 0 amide bonds. The number of hydrogen-bond donors (Lipinski definition) is 0. The molecule has 33 heavy (non-hydrogen) atoms. The van der Waals surface area contributed by atoms with Gasteiger partial charge < -0.3 is 4.42 Å². The Morgan fingerprint density at radius 1 is 0.515 bits per heavy atom. The second-order valence-corrected chi connectivity index (χ2v) is 9.91. The molecule has 1 aliphatic heterocycles. The third-order valence-corrected chi connectivity index (χ3v) is 8.56. The van der Waals surface area contributed by atoms with E-state index in [0.29, 0.717) is 0 Å². The fourth-order valence-electron chi connectivity index (χ4n) is 6.12. The molecule has 2 aliphatic rings. The van der Waals surface area contributed by atoms with Crippen LogP contribution < -0.4 is 0 Å². The van der Waals surface area contributed by atoms with Gasteiger partial charge in [-0.2, -0.15) is 0 Å². The van der Waals surface area contributed by atoms with Crippen molar-refractivity contribution in [1.82, 2.24) is 0 Å². The summed E-state index contributed by atoms with van der Waals surface area (Å²) in [5.74, 6) is 0. The smallest absolute Gasteiger partial charge is 0.136 e. The van der Waals surface area contributed by atoms with Crippen molar-refractivity contribution in [3.05, 3.63) is 131 Å². The van der Waals surface area contributed by atoms with Crippen molar-refractivity contribution >= 4 is 33.7 Å². The van der Waals surface area contributed by atoms with Gasteiger partial charge in [0, 0.05) is 20.6 Å². The molecule has 1 aromatic heterocycles. The van der Waals surface area contributed by atoms with Crippen LogP contribution in [0.4, 0.5) is 0 Å². The molecule has 0 radical (unpaired) electrons. The van der Waals surface area contributed by atoms with Crippen LogP contribution in [0.1, 0.15) is 22.3 Å². The molecule has 0 atom stereocenters. The topological polar surface area (TPSA) is 13.1 Å². The molecule has 0 saturated heterocycles. The van der Waals surface area contributed by atoms with E-state index in [9.17, 15) is 0 Å². The summed E-state index contributed by atoms with van der Waals surface area (Å²) >= 11 is 1.88. The fourth-order valence-corrected chi connectivity index (χ4v) is 7.46. The summed E-state index contributed by atoms with van der Waals surface area (Å²) < 4.78 is 6.28. The Balaban J connectivity index is 1.62. The molecule has 0 bridgehead atoms. The van der Waals surface area contributed by atoms with Crippen molar-refractivity contribution in [2.75, 3.05) is 0 Å². The zero-order valence-corrected chi connectivity index (χ0v) is 18.5. The monoisotopic (exact) mass is 438 g/mol. The molecule has 154 valence electrons. The average molecular weight is 439 g/mol. The van der Waals surface area contributed by atoms with Crippen molar-refractivity contribution in [1.29, 1.82) is 0 Å². The van der Waals surface area contributed by atoms with Crippen LogP contribution in [-0.2, 0) is 5.41 Å². The van der Waals surface area contributed by atoms with Gasteiger partial charge in [-0.15, -0.1) is 0 Å². The number of para-hydroxylation sites is 1. The fraction of sp³-hybridized carbons (Fsp3) is 0.0323. The zero-order valence-electron chi connectivity index (χ0n) is 17.7. The summed E-state index contributed by atoms with van der Waals surface area (Å²) in [7, 11) is 0. The van der Waals surface area contributed by atoms with Crippen molar-refractivity contribution in [2.24, 2.45) is 0 Å². The predicted molar refractivity (Wildman–Crippen MR) is 135 cm³/mol. The zero-order chi connectivity index (χ0) is 21.6. The van der Waals surface area contributed by atoms with Gasteiger partial charge in [-0.1, -0.05) is 103 Å². The average Bonchev–Trinajstić information content (AvgIpc) is 3.39. The highest BCUT2D eigenvalue weighted by Gasteiger charge is 2.50. The summed E-state index contributed by atoms with van der Waals surface area (Å²) in [6.45, 7) is 0. The predicted octanol–water partition coefficient (Wildman–Crippen LogP) is 8.41. The van der Waals surface area contributed by atoms with Crippen LogP contribution in [0, 0.1) is 0 Å². The largest absolute Gasteiger partial charge is 0.456 e. The standard InChI is InChI=1S/C31H18OS/c1-4-12-22-19(9-1)20-10-2-5-13-23(20)31(22)24-14-6-8-16-28(24)33-30-25(31)17-18-27-29(30)21-11-3-7-15-26(21)32-27/h1-18H. The minimum Gasteiger partial charge on any atom is -0.456 e. The van der Waals surface area contributed by atoms with E-state index in [4.69, 9.17) is 4.42 Å². The minimum atomic E-state index is -0.336. The van der Waals surface area contributed by atoms with Crippen LogP contribution in [0.2, 0.25) is 0 Å². The normalized spacial score (nSPS) is 14.8. The number of fused-ring (bicyclic) bond motifs is 13. The summed E-state index contributed by atoms with van der Waals surface area (Å²) in [4.78, 5) is 2.62. The van der Waals surface area contributed by atoms with E-state index < -0.39 is 0 Å². The number of benzene rings is 5. The first kappa shape index (κ1) is 17.8. The van der Waals surface area contributed by atoms with Gasteiger partial charge in [-0.25, -0.2) is 0 Å². The van der Waals surface area contributed by atoms with Crippen LogP contribution >= 0.6 is 11.8 Å². The summed E-state index contributed by atoms with van der Waals surface area (Å²) in [5, 5.41) is 2.41. The molecular formula is C31H18OS. The van der Waals surface area contributed by atoms with E-state index in [0.717, 1.165) is 11.2 Å². The van der Waals surface area contributed by atoms with E-state index >= 15 is 0 Å². The highest BCUT2D eigenvalue weighted by atomic mass is 32.2. The third-order valence-electron chi connectivity index (χ3n) is 7.36. The third kappa shape index (κ3) is 2.06. The Morgan fingerprint density at radius 2 is 1.15 bits per heavy atom. The number of furan rings is 1. The number of rotatable bonds is 0. The maximum atomic E-state index is 6.28. The molecule has 2 heterocycles.